The van der Waals surface area contributed by atoms with Crippen molar-refractivity contribution in [3.8, 4) is 17.2 Å². The van der Waals surface area contributed by atoms with Gasteiger partial charge in [-0.1, -0.05) is 13.8 Å². The molecule has 0 unspecified atom stereocenters. The lowest BCUT2D eigenvalue weighted by Gasteiger charge is -2.13. The molecule has 0 fully saturated rings. The molecule has 0 amide bonds. The summed E-state index contributed by atoms with van der Waals surface area (Å²) < 4.78 is 10.1. The minimum Gasteiger partial charge on any atom is -0.507 e. The number of hydrogen-bond acceptors (Lipinski definition) is 4. The summed E-state index contributed by atoms with van der Waals surface area (Å²) in [6.07, 6.45) is 0. The maximum absolute atomic E-state index is 11.9. The van der Waals surface area contributed by atoms with E-state index in [0.717, 1.165) is 0 Å². The average molecular weight is 224 g/mol. The summed E-state index contributed by atoms with van der Waals surface area (Å²) in [4.78, 5) is 11.9. The molecule has 0 atom stereocenters. The van der Waals surface area contributed by atoms with Gasteiger partial charge in [-0.3, -0.25) is 4.79 Å². The maximum atomic E-state index is 11.9. The molecule has 0 aliphatic heterocycles. The first-order valence-corrected chi connectivity index (χ1v) is 5.00. The fraction of sp³-hybridized carbons (Fsp3) is 0.417. The molecule has 0 heterocycles. The lowest BCUT2D eigenvalue weighted by molar-refractivity contribution is 0.0933. The van der Waals surface area contributed by atoms with E-state index in [1.807, 2.05) is 0 Å². The maximum Gasteiger partial charge on any atom is 0.172 e. The van der Waals surface area contributed by atoms with Gasteiger partial charge in [0.25, 0.3) is 0 Å². The molecule has 0 aliphatic carbocycles. The van der Waals surface area contributed by atoms with Gasteiger partial charge in [-0.25, -0.2) is 0 Å². The zero-order valence-corrected chi connectivity index (χ0v) is 9.90. The number of ketones is 1. The Kier molecular flexibility index (Phi) is 3.77. The molecule has 1 rings (SSSR count). The van der Waals surface area contributed by atoms with E-state index in [-0.39, 0.29) is 23.0 Å². The first-order valence-electron chi connectivity index (χ1n) is 5.00. The predicted octanol–water partition coefficient (Wildman–Crippen LogP) is 2.25. The molecule has 1 aromatic carbocycles. The van der Waals surface area contributed by atoms with Gasteiger partial charge in [0.1, 0.15) is 22.8 Å². The first kappa shape index (κ1) is 12.4. The number of rotatable bonds is 4. The Bertz CT molecular complexity index is 396. The van der Waals surface area contributed by atoms with Crippen molar-refractivity contribution in [3.63, 3.8) is 0 Å². The highest BCUT2D eigenvalue weighted by molar-refractivity contribution is 6.02. The second kappa shape index (κ2) is 4.88. The van der Waals surface area contributed by atoms with Crippen molar-refractivity contribution in [2.24, 2.45) is 5.92 Å². The monoisotopic (exact) mass is 224 g/mol. The molecule has 1 aromatic rings. The molecule has 0 spiro atoms. The summed E-state index contributed by atoms with van der Waals surface area (Å²) in [6.45, 7) is 3.54. The number of hydrogen-bond donors (Lipinski definition) is 1. The molecule has 0 aliphatic rings. The Balaban J connectivity index is 3.32. The van der Waals surface area contributed by atoms with Crippen molar-refractivity contribution in [3.05, 3.63) is 17.7 Å². The van der Waals surface area contributed by atoms with Gasteiger partial charge in [0.15, 0.2) is 5.78 Å². The van der Waals surface area contributed by atoms with Crippen molar-refractivity contribution >= 4 is 5.78 Å². The van der Waals surface area contributed by atoms with Crippen molar-refractivity contribution in [2.45, 2.75) is 13.8 Å². The summed E-state index contributed by atoms with van der Waals surface area (Å²) in [7, 11) is 2.93. The molecular weight excluding hydrogens is 208 g/mol. The normalized spacial score (nSPS) is 10.3. The zero-order chi connectivity index (χ0) is 12.3. The van der Waals surface area contributed by atoms with E-state index in [9.17, 15) is 9.90 Å². The van der Waals surface area contributed by atoms with Crippen LogP contribution in [0.4, 0.5) is 0 Å². The van der Waals surface area contributed by atoms with Gasteiger partial charge in [-0.2, -0.15) is 0 Å². The Morgan fingerprint density at radius 1 is 1.25 bits per heavy atom. The van der Waals surface area contributed by atoms with Crippen molar-refractivity contribution in [1.29, 1.82) is 0 Å². The smallest absolute Gasteiger partial charge is 0.172 e. The Morgan fingerprint density at radius 3 is 2.31 bits per heavy atom. The van der Waals surface area contributed by atoms with Crippen LogP contribution < -0.4 is 9.47 Å². The third-order valence-electron chi connectivity index (χ3n) is 2.28. The van der Waals surface area contributed by atoms with Crippen LogP contribution in [0.2, 0.25) is 0 Å². The van der Waals surface area contributed by atoms with Gasteiger partial charge in [-0.05, 0) is 0 Å². The number of aromatic hydroxyl groups is 1. The Hall–Kier alpha value is -1.71. The average Bonchev–Trinajstić information content (AvgIpc) is 2.26. The lowest BCUT2D eigenvalue weighted by Crippen LogP contribution is -2.09. The van der Waals surface area contributed by atoms with Crippen LogP contribution in [0.15, 0.2) is 12.1 Å². The highest BCUT2D eigenvalue weighted by Crippen LogP contribution is 2.34. The predicted molar refractivity (Wildman–Crippen MR) is 60.4 cm³/mol. The third-order valence-corrected chi connectivity index (χ3v) is 2.28. The second-order valence-electron chi connectivity index (χ2n) is 3.74. The molecule has 0 radical (unpaired) electrons. The summed E-state index contributed by atoms with van der Waals surface area (Å²) >= 11 is 0. The molecule has 0 saturated heterocycles. The van der Waals surface area contributed by atoms with Crippen LogP contribution in [0, 0.1) is 5.92 Å². The van der Waals surface area contributed by atoms with E-state index in [0.29, 0.717) is 11.5 Å². The largest absolute Gasteiger partial charge is 0.507 e. The number of benzene rings is 1. The molecular formula is C12H16O4. The lowest BCUT2D eigenvalue weighted by atomic mass is 9.99. The van der Waals surface area contributed by atoms with Crippen molar-refractivity contribution < 1.29 is 19.4 Å². The summed E-state index contributed by atoms with van der Waals surface area (Å²) in [5, 5.41) is 9.77. The van der Waals surface area contributed by atoms with Gasteiger partial charge in [0.2, 0.25) is 0 Å². The van der Waals surface area contributed by atoms with Crippen LogP contribution >= 0.6 is 0 Å². The number of phenolic OH excluding ortho intramolecular Hbond substituents is 1. The second-order valence-corrected chi connectivity index (χ2v) is 3.74. The highest BCUT2D eigenvalue weighted by Gasteiger charge is 2.21. The number of carbonyl (C=O) groups excluding carboxylic acids is 1. The van der Waals surface area contributed by atoms with E-state index in [1.54, 1.807) is 19.9 Å². The van der Waals surface area contributed by atoms with E-state index in [2.05, 4.69) is 0 Å². The topological polar surface area (TPSA) is 55.8 Å². The van der Waals surface area contributed by atoms with Gasteiger partial charge in [-0.15, -0.1) is 0 Å². The quantitative estimate of drug-likeness (QED) is 0.797. The number of Topliss-reactive ketones (excluding diaryl/α,β-unsaturated/α-hetero) is 1. The Labute approximate surface area is 94.8 Å². The summed E-state index contributed by atoms with van der Waals surface area (Å²) in [6, 6.07) is 2.98. The van der Waals surface area contributed by atoms with E-state index >= 15 is 0 Å². The van der Waals surface area contributed by atoms with Crippen LogP contribution in [0.1, 0.15) is 24.2 Å². The fourth-order valence-corrected chi connectivity index (χ4v) is 1.39. The molecule has 0 saturated carbocycles. The number of phenols is 1. The van der Waals surface area contributed by atoms with Crippen LogP contribution in [0.3, 0.4) is 0 Å². The number of ether oxygens (including phenoxy) is 2. The van der Waals surface area contributed by atoms with Gasteiger partial charge in [0.05, 0.1) is 14.2 Å². The molecule has 4 heteroatoms. The summed E-state index contributed by atoms with van der Waals surface area (Å²) in [5.74, 6) is 0.310. The van der Waals surface area contributed by atoms with Crippen molar-refractivity contribution in [1.82, 2.24) is 0 Å². The van der Waals surface area contributed by atoms with Crippen LogP contribution in [-0.4, -0.2) is 25.1 Å². The van der Waals surface area contributed by atoms with E-state index in [4.69, 9.17) is 9.47 Å². The van der Waals surface area contributed by atoms with Gasteiger partial charge >= 0.3 is 0 Å². The molecule has 1 N–H and O–H groups in total. The van der Waals surface area contributed by atoms with Gasteiger partial charge in [0, 0.05) is 18.1 Å². The minimum absolute atomic E-state index is 0.116. The molecule has 88 valence electrons. The van der Waals surface area contributed by atoms with Crippen LogP contribution in [-0.2, 0) is 0 Å². The molecule has 16 heavy (non-hydrogen) atoms. The summed E-state index contributed by atoms with van der Waals surface area (Å²) in [5.41, 5.74) is 0.207. The molecule has 4 nitrogen and oxygen atoms in total. The standard InChI is InChI=1S/C12H16O4/c1-7(2)12(14)11-9(13)5-8(15-3)6-10(11)16-4/h5-7,13H,1-4H3. The molecule has 0 aromatic heterocycles. The van der Waals surface area contributed by atoms with E-state index < -0.39 is 0 Å². The van der Waals surface area contributed by atoms with Crippen LogP contribution in [0.25, 0.3) is 0 Å². The van der Waals surface area contributed by atoms with Crippen LogP contribution in [0.5, 0.6) is 17.2 Å². The Morgan fingerprint density at radius 2 is 1.88 bits per heavy atom. The molecule has 0 bridgehead atoms. The highest BCUT2D eigenvalue weighted by atomic mass is 16.5. The van der Waals surface area contributed by atoms with Crippen molar-refractivity contribution in [2.75, 3.05) is 14.2 Å². The fourth-order valence-electron chi connectivity index (χ4n) is 1.39. The number of carbonyl (C=O) groups is 1. The van der Waals surface area contributed by atoms with Gasteiger partial charge < -0.3 is 14.6 Å². The SMILES string of the molecule is COc1cc(O)c(C(=O)C(C)C)c(OC)c1. The third kappa shape index (κ3) is 2.27. The van der Waals surface area contributed by atoms with E-state index in [1.165, 1.54) is 20.3 Å². The first-order chi connectivity index (χ1) is 7.51. The minimum atomic E-state index is -0.201. The zero-order valence-electron chi connectivity index (χ0n) is 9.90. The number of methoxy groups -OCH3 is 2.